The zero-order chi connectivity index (χ0) is 14.3. The van der Waals surface area contributed by atoms with Crippen LogP contribution in [-0.2, 0) is 14.3 Å². The lowest BCUT2D eigenvalue weighted by Gasteiger charge is -2.22. The number of alkyl carbamates (subject to hydrolysis) is 1. The maximum absolute atomic E-state index is 11.8. The van der Waals surface area contributed by atoms with Gasteiger partial charge in [-0.3, -0.25) is 10.1 Å². The number of hydrogen-bond acceptors (Lipinski definition) is 5. The summed E-state index contributed by atoms with van der Waals surface area (Å²) in [6.45, 7) is 4.89. The monoisotopic (exact) mass is 272 g/mol. The first kappa shape index (κ1) is 15.8. The molecular formula is C13H22NO5. The van der Waals surface area contributed by atoms with Crippen molar-refractivity contribution in [2.75, 3.05) is 0 Å². The molecule has 19 heavy (non-hydrogen) atoms. The van der Waals surface area contributed by atoms with Crippen molar-refractivity contribution in [1.29, 1.82) is 0 Å². The van der Waals surface area contributed by atoms with E-state index in [1.165, 1.54) is 6.92 Å². The van der Waals surface area contributed by atoms with Crippen LogP contribution in [-0.4, -0.2) is 29.7 Å². The Morgan fingerprint density at radius 3 is 2.53 bits per heavy atom. The van der Waals surface area contributed by atoms with Gasteiger partial charge in [-0.05, 0) is 26.2 Å². The van der Waals surface area contributed by atoms with Gasteiger partial charge in [-0.15, -0.1) is 0 Å². The van der Waals surface area contributed by atoms with Crippen molar-refractivity contribution in [1.82, 2.24) is 5.32 Å². The van der Waals surface area contributed by atoms with E-state index in [2.05, 4.69) is 12.2 Å². The third-order valence-electron chi connectivity index (χ3n) is 3.05. The van der Waals surface area contributed by atoms with E-state index < -0.39 is 18.6 Å². The number of esters is 1. The zero-order valence-corrected chi connectivity index (χ0v) is 11.3. The summed E-state index contributed by atoms with van der Waals surface area (Å²) in [5.74, 6) is -0.411. The van der Waals surface area contributed by atoms with Crippen LogP contribution in [0.5, 0.6) is 0 Å². The molecule has 2 atom stereocenters. The fourth-order valence-corrected chi connectivity index (χ4v) is 2.02. The van der Waals surface area contributed by atoms with Crippen LogP contribution in [0.1, 0.15) is 45.4 Å². The summed E-state index contributed by atoms with van der Waals surface area (Å²) in [7, 11) is 0. The van der Waals surface area contributed by atoms with Crippen molar-refractivity contribution in [3.63, 3.8) is 0 Å². The summed E-state index contributed by atoms with van der Waals surface area (Å²) in [5.41, 5.74) is 0. The molecule has 0 aliphatic heterocycles. The minimum absolute atomic E-state index is 0.0895. The summed E-state index contributed by atoms with van der Waals surface area (Å²) in [5, 5.41) is 11.3. The van der Waals surface area contributed by atoms with Gasteiger partial charge >= 0.3 is 12.1 Å². The van der Waals surface area contributed by atoms with Crippen LogP contribution in [0.2, 0.25) is 0 Å². The molecule has 0 heterocycles. The lowest BCUT2D eigenvalue weighted by atomic mass is 9.89. The molecule has 0 bridgehead atoms. The number of hydrogen-bond donors (Lipinski definition) is 2. The predicted molar refractivity (Wildman–Crippen MR) is 67.7 cm³/mol. The first-order chi connectivity index (χ1) is 9.02. The number of ether oxygens (including phenoxy) is 2. The third-order valence-corrected chi connectivity index (χ3v) is 3.05. The Labute approximate surface area is 113 Å². The van der Waals surface area contributed by atoms with Crippen LogP contribution in [0.3, 0.4) is 0 Å². The highest BCUT2D eigenvalue weighted by atomic mass is 16.7. The average Bonchev–Trinajstić information content (AvgIpc) is 2.39. The van der Waals surface area contributed by atoms with Gasteiger partial charge in [0.15, 0.2) is 0 Å². The van der Waals surface area contributed by atoms with E-state index in [4.69, 9.17) is 14.6 Å². The third kappa shape index (κ3) is 5.92. The van der Waals surface area contributed by atoms with Crippen molar-refractivity contribution >= 4 is 12.1 Å². The molecule has 2 N–H and O–H groups in total. The van der Waals surface area contributed by atoms with Crippen molar-refractivity contribution < 1.29 is 24.2 Å². The molecule has 1 aliphatic rings. The minimum atomic E-state index is -1.06. The fraction of sp³-hybridized carbons (Fsp3) is 0.769. The number of aliphatic hydroxyl groups excluding tert-OH is 1. The Morgan fingerprint density at radius 1 is 1.32 bits per heavy atom. The first-order valence-electron chi connectivity index (χ1n) is 6.68. The van der Waals surface area contributed by atoms with Crippen LogP contribution in [0.25, 0.3) is 0 Å². The molecule has 1 amide bonds. The van der Waals surface area contributed by atoms with Crippen molar-refractivity contribution in [2.24, 2.45) is 5.92 Å². The molecule has 0 aromatic carbocycles. The van der Waals surface area contributed by atoms with E-state index in [1.807, 2.05) is 0 Å². The van der Waals surface area contributed by atoms with Gasteiger partial charge in [0, 0.05) is 6.92 Å². The average molecular weight is 272 g/mol. The minimum Gasteiger partial charge on any atom is -0.425 e. The molecular weight excluding hydrogens is 250 g/mol. The highest BCUT2D eigenvalue weighted by molar-refractivity contribution is 5.73. The van der Waals surface area contributed by atoms with Gasteiger partial charge in [0.25, 0.3) is 0 Å². The van der Waals surface area contributed by atoms with Gasteiger partial charge < -0.3 is 14.6 Å². The number of nitrogens with one attached hydrogen (secondary N) is 1. The molecule has 2 unspecified atom stereocenters. The molecule has 1 saturated carbocycles. The highest BCUT2D eigenvalue weighted by Gasteiger charge is 2.25. The second kappa shape index (κ2) is 7.99. The Bertz CT molecular complexity index is 301. The maximum Gasteiger partial charge on any atom is 0.412 e. The Balaban J connectivity index is 2.27. The Hall–Kier alpha value is -1.30. The lowest BCUT2D eigenvalue weighted by molar-refractivity contribution is -0.171. The number of aliphatic hydroxyl groups is 1. The number of amides is 1. The first-order valence-corrected chi connectivity index (χ1v) is 6.68. The van der Waals surface area contributed by atoms with Gasteiger partial charge in [0.05, 0.1) is 5.92 Å². The summed E-state index contributed by atoms with van der Waals surface area (Å²) >= 11 is 0. The molecule has 109 valence electrons. The van der Waals surface area contributed by atoms with Crippen LogP contribution < -0.4 is 5.32 Å². The molecule has 1 aliphatic carbocycles. The van der Waals surface area contributed by atoms with Gasteiger partial charge in [-0.2, -0.15) is 0 Å². The maximum atomic E-state index is 11.8. The molecule has 1 radical (unpaired) electrons. The van der Waals surface area contributed by atoms with Gasteiger partial charge in [-0.1, -0.05) is 19.3 Å². The number of rotatable bonds is 5. The van der Waals surface area contributed by atoms with E-state index in [9.17, 15) is 9.59 Å². The van der Waals surface area contributed by atoms with Crippen molar-refractivity contribution in [3.05, 3.63) is 6.92 Å². The Kier molecular flexibility index (Phi) is 6.62. The summed E-state index contributed by atoms with van der Waals surface area (Å²) in [6, 6.07) is 0. The molecule has 1 rings (SSSR count). The normalized spacial score (nSPS) is 19.3. The van der Waals surface area contributed by atoms with Crippen molar-refractivity contribution in [2.45, 2.75) is 58.0 Å². The molecule has 6 nitrogen and oxygen atoms in total. The summed E-state index contributed by atoms with van der Waals surface area (Å²) in [4.78, 5) is 23.0. The van der Waals surface area contributed by atoms with Gasteiger partial charge in [0.2, 0.25) is 6.29 Å². The number of carbonyl (C=O) groups excluding carboxylic acids is 2. The fourth-order valence-electron chi connectivity index (χ4n) is 2.02. The quantitative estimate of drug-likeness (QED) is 0.588. The van der Waals surface area contributed by atoms with E-state index in [0.29, 0.717) is 0 Å². The van der Waals surface area contributed by atoms with Crippen LogP contribution >= 0.6 is 0 Å². The van der Waals surface area contributed by atoms with Crippen molar-refractivity contribution in [3.8, 4) is 0 Å². The molecule has 6 heteroatoms. The molecule has 0 saturated heterocycles. The van der Waals surface area contributed by atoms with Crippen LogP contribution in [0.15, 0.2) is 0 Å². The number of carbonyl (C=O) groups is 2. The smallest absolute Gasteiger partial charge is 0.412 e. The van der Waals surface area contributed by atoms with E-state index in [-0.39, 0.29) is 18.3 Å². The Morgan fingerprint density at radius 2 is 1.95 bits per heavy atom. The lowest BCUT2D eigenvalue weighted by Crippen LogP contribution is -2.37. The molecule has 0 aromatic heterocycles. The predicted octanol–water partition coefficient (Wildman–Crippen LogP) is 1.72. The highest BCUT2D eigenvalue weighted by Crippen LogP contribution is 2.25. The molecule has 1 fully saturated rings. The zero-order valence-electron chi connectivity index (χ0n) is 11.3. The van der Waals surface area contributed by atoms with E-state index in [0.717, 1.165) is 32.1 Å². The second-order valence-corrected chi connectivity index (χ2v) is 4.69. The molecule has 0 spiro atoms. The van der Waals surface area contributed by atoms with E-state index >= 15 is 0 Å². The van der Waals surface area contributed by atoms with E-state index in [1.54, 1.807) is 0 Å². The molecule has 0 aromatic rings. The summed E-state index contributed by atoms with van der Waals surface area (Å²) < 4.78 is 9.86. The largest absolute Gasteiger partial charge is 0.425 e. The van der Waals surface area contributed by atoms with Crippen LogP contribution in [0, 0.1) is 12.8 Å². The topological polar surface area (TPSA) is 84.9 Å². The summed E-state index contributed by atoms with van der Waals surface area (Å²) in [6.07, 6.45) is 2.15. The van der Waals surface area contributed by atoms with Gasteiger partial charge in [0.1, 0.15) is 6.23 Å². The SMILES string of the molecule is [CH2]CC(O)NC(=O)OC(C)OC(=O)C1CCCCC1. The van der Waals surface area contributed by atoms with Gasteiger partial charge in [-0.25, -0.2) is 4.79 Å². The standard InChI is InChI=1S/C13H22NO5/c1-3-11(15)14-13(17)19-9(2)18-12(16)10-7-5-4-6-8-10/h9-11,15H,1,3-8H2,2H3,(H,14,17). The second-order valence-electron chi connectivity index (χ2n) is 4.69. The van der Waals surface area contributed by atoms with Crippen LogP contribution in [0.4, 0.5) is 4.79 Å².